The molecule has 6 atom stereocenters. The van der Waals surface area contributed by atoms with E-state index in [-0.39, 0.29) is 72.6 Å². The highest BCUT2D eigenvalue weighted by Crippen LogP contribution is 2.38. The molecule has 2 aliphatic carbocycles. The number of rotatable bonds is 6. The van der Waals surface area contributed by atoms with Gasteiger partial charge in [0.25, 0.3) is 0 Å². The lowest BCUT2D eigenvalue weighted by Gasteiger charge is -2.50. The molecular formula is C42H70N6O8. The molecule has 8 rings (SSSR count). The molecule has 316 valence electrons. The molecule has 0 bridgehead atoms. The van der Waals surface area contributed by atoms with Gasteiger partial charge in [0.15, 0.2) is 0 Å². The van der Waals surface area contributed by atoms with Crippen molar-refractivity contribution in [1.29, 1.82) is 0 Å². The Bertz CT molecular complexity index is 1290. The van der Waals surface area contributed by atoms with E-state index in [1.54, 1.807) is 0 Å². The Labute approximate surface area is 334 Å². The molecule has 0 spiro atoms. The Hall–Kier alpha value is -2.68. The van der Waals surface area contributed by atoms with Crippen LogP contribution in [0.4, 0.5) is 9.59 Å². The van der Waals surface area contributed by atoms with E-state index in [4.69, 9.17) is 18.9 Å². The Balaban J connectivity index is 0.000000172. The molecule has 6 saturated heterocycles. The molecule has 14 heteroatoms. The highest BCUT2D eigenvalue weighted by molar-refractivity contribution is 5.79. The van der Waals surface area contributed by atoms with Gasteiger partial charge in [-0.3, -0.25) is 19.4 Å². The number of carbonyl (C=O) groups excluding carboxylic acids is 4. The zero-order chi connectivity index (χ0) is 39.5. The van der Waals surface area contributed by atoms with Gasteiger partial charge in [-0.05, 0) is 91.9 Å². The third-order valence-electron chi connectivity index (χ3n) is 14.7. The van der Waals surface area contributed by atoms with Crippen molar-refractivity contribution in [2.24, 2.45) is 0 Å². The third-order valence-corrected chi connectivity index (χ3v) is 14.7. The highest BCUT2D eigenvalue weighted by Gasteiger charge is 2.48. The SMILES string of the molecule is CCOC(=O)N1CCC(C)(N2CCC(N3C(=O)CO[C@H]4CCCC[C@@H]43)CC2)C1.CCOC(=O)N1CCC(C)(N2CCC(N3C(=O)CO[C@H]4CCCC[C@@H]43)CC2)C1. The minimum atomic E-state index is -0.191. The van der Waals surface area contributed by atoms with Crippen LogP contribution in [0.5, 0.6) is 0 Å². The van der Waals surface area contributed by atoms with Crippen LogP contribution in [0.3, 0.4) is 0 Å². The maximum atomic E-state index is 12.7. The molecular weight excluding hydrogens is 716 g/mol. The Kier molecular flexibility index (Phi) is 13.4. The van der Waals surface area contributed by atoms with E-state index in [0.717, 1.165) is 117 Å². The minimum absolute atomic E-state index is 0.0140. The number of morpholine rings is 2. The van der Waals surface area contributed by atoms with Crippen LogP contribution in [-0.4, -0.2) is 180 Å². The molecule has 6 aliphatic heterocycles. The standard InChI is InChI=1S/2C21H35N3O4/c2*1-3-27-20(26)22-13-10-21(2,15-22)23-11-8-16(9-12-23)24-17-6-4-5-7-18(17)28-14-19(24)25/h2*16-18H,3-15H2,1-2H3/t2*17-,18-,21?/m00/s1. The summed E-state index contributed by atoms with van der Waals surface area (Å²) >= 11 is 0. The van der Waals surface area contributed by atoms with Crippen LogP contribution < -0.4 is 0 Å². The van der Waals surface area contributed by atoms with Crippen LogP contribution in [0, 0.1) is 0 Å². The average molecular weight is 787 g/mol. The van der Waals surface area contributed by atoms with Gasteiger partial charge in [-0.25, -0.2) is 9.59 Å². The lowest BCUT2D eigenvalue weighted by atomic mass is 9.87. The Morgan fingerprint density at radius 2 is 0.964 bits per heavy atom. The number of ether oxygens (including phenoxy) is 4. The van der Waals surface area contributed by atoms with E-state index in [0.29, 0.717) is 25.3 Å². The number of likely N-dealkylation sites (tertiary alicyclic amines) is 4. The molecule has 0 aromatic rings. The summed E-state index contributed by atoms with van der Waals surface area (Å²) in [5.41, 5.74) is 0.0280. The molecule has 6 heterocycles. The van der Waals surface area contributed by atoms with Crippen LogP contribution >= 0.6 is 0 Å². The fourth-order valence-corrected chi connectivity index (χ4v) is 11.5. The lowest BCUT2D eigenvalue weighted by molar-refractivity contribution is -0.168. The Morgan fingerprint density at radius 1 is 0.589 bits per heavy atom. The van der Waals surface area contributed by atoms with Crippen LogP contribution in [0.1, 0.15) is 118 Å². The zero-order valence-corrected chi connectivity index (χ0v) is 34.8. The van der Waals surface area contributed by atoms with Crippen molar-refractivity contribution in [2.45, 2.75) is 165 Å². The second-order valence-electron chi connectivity index (χ2n) is 18.2. The zero-order valence-electron chi connectivity index (χ0n) is 34.8. The molecule has 2 saturated carbocycles. The van der Waals surface area contributed by atoms with Gasteiger partial charge in [0.05, 0.1) is 37.5 Å². The lowest BCUT2D eigenvalue weighted by Crippen LogP contribution is -2.62. The number of hydrogen-bond donors (Lipinski definition) is 0. The Morgan fingerprint density at radius 3 is 1.34 bits per heavy atom. The van der Waals surface area contributed by atoms with E-state index < -0.39 is 0 Å². The molecule has 56 heavy (non-hydrogen) atoms. The molecule has 2 unspecified atom stereocenters. The van der Waals surface area contributed by atoms with Crippen LogP contribution in [0.15, 0.2) is 0 Å². The number of nitrogens with zero attached hydrogens (tertiary/aromatic N) is 6. The van der Waals surface area contributed by atoms with E-state index >= 15 is 0 Å². The summed E-state index contributed by atoms with van der Waals surface area (Å²) in [7, 11) is 0. The molecule has 0 aromatic heterocycles. The fraction of sp³-hybridized carbons (Fsp3) is 0.905. The second kappa shape index (κ2) is 18.1. The van der Waals surface area contributed by atoms with Crippen molar-refractivity contribution in [1.82, 2.24) is 29.4 Å². The summed E-state index contributed by atoms with van der Waals surface area (Å²) in [5, 5.41) is 0. The number of hydrogen-bond acceptors (Lipinski definition) is 10. The van der Waals surface area contributed by atoms with Gasteiger partial charge in [0.2, 0.25) is 11.8 Å². The van der Waals surface area contributed by atoms with Crippen molar-refractivity contribution in [2.75, 3.05) is 78.8 Å². The second-order valence-corrected chi connectivity index (χ2v) is 18.2. The smallest absolute Gasteiger partial charge is 0.409 e. The average Bonchev–Trinajstić information content (AvgIpc) is 3.83. The van der Waals surface area contributed by atoms with E-state index in [2.05, 4.69) is 33.4 Å². The summed E-state index contributed by atoms with van der Waals surface area (Å²) in [6.07, 6.45) is 15.3. The van der Waals surface area contributed by atoms with E-state index in [1.807, 2.05) is 23.6 Å². The molecule has 8 fully saturated rings. The largest absolute Gasteiger partial charge is 0.450 e. The first-order chi connectivity index (χ1) is 27.0. The van der Waals surface area contributed by atoms with Gasteiger partial charge in [-0.2, -0.15) is 0 Å². The van der Waals surface area contributed by atoms with Gasteiger partial charge in [-0.15, -0.1) is 0 Å². The number of fused-ring (bicyclic) bond motifs is 2. The summed E-state index contributed by atoms with van der Waals surface area (Å²) < 4.78 is 22.0. The monoisotopic (exact) mass is 787 g/mol. The maximum absolute atomic E-state index is 12.7. The van der Waals surface area contributed by atoms with Crippen LogP contribution in [-0.2, 0) is 28.5 Å². The van der Waals surface area contributed by atoms with Crippen molar-refractivity contribution < 1.29 is 38.1 Å². The highest BCUT2D eigenvalue weighted by atomic mass is 16.6. The summed E-state index contributed by atoms with van der Waals surface area (Å²) in [6, 6.07) is 1.25. The summed E-state index contributed by atoms with van der Waals surface area (Å²) in [4.78, 5) is 62.6. The number of amides is 4. The number of piperidine rings is 2. The van der Waals surface area contributed by atoms with Gasteiger partial charge in [0.1, 0.15) is 13.2 Å². The molecule has 0 radical (unpaired) electrons. The predicted molar refractivity (Wildman–Crippen MR) is 210 cm³/mol. The number of carbonyl (C=O) groups is 4. The normalized spacial score (nSPS) is 35.1. The molecule has 0 aromatic carbocycles. The quantitative estimate of drug-likeness (QED) is 0.381. The van der Waals surface area contributed by atoms with Crippen molar-refractivity contribution >= 4 is 24.0 Å². The van der Waals surface area contributed by atoms with Gasteiger partial charge in [0, 0.05) is 75.5 Å². The van der Waals surface area contributed by atoms with E-state index in [1.165, 1.54) is 25.7 Å². The topological polar surface area (TPSA) is 125 Å². The first-order valence-electron chi connectivity index (χ1n) is 22.2. The maximum Gasteiger partial charge on any atom is 0.409 e. The van der Waals surface area contributed by atoms with Crippen molar-refractivity contribution in [3.63, 3.8) is 0 Å². The molecule has 14 nitrogen and oxygen atoms in total. The fourth-order valence-electron chi connectivity index (χ4n) is 11.5. The van der Waals surface area contributed by atoms with Gasteiger partial charge >= 0.3 is 12.2 Å². The van der Waals surface area contributed by atoms with Gasteiger partial charge < -0.3 is 38.5 Å². The van der Waals surface area contributed by atoms with Gasteiger partial charge in [-0.1, -0.05) is 25.7 Å². The van der Waals surface area contributed by atoms with Crippen LogP contribution in [0.25, 0.3) is 0 Å². The molecule has 4 amide bonds. The van der Waals surface area contributed by atoms with Crippen LogP contribution in [0.2, 0.25) is 0 Å². The van der Waals surface area contributed by atoms with E-state index in [9.17, 15) is 19.2 Å². The molecule has 8 aliphatic rings. The summed E-state index contributed by atoms with van der Waals surface area (Å²) in [6.45, 7) is 16.5. The third kappa shape index (κ3) is 8.83. The predicted octanol–water partition coefficient (Wildman–Crippen LogP) is 4.48. The minimum Gasteiger partial charge on any atom is -0.450 e. The molecule has 0 N–H and O–H groups in total. The first kappa shape index (κ1) is 41.5. The first-order valence-corrected chi connectivity index (χ1v) is 22.2. The van der Waals surface area contributed by atoms with Crippen molar-refractivity contribution in [3.05, 3.63) is 0 Å². The van der Waals surface area contributed by atoms with Crippen molar-refractivity contribution in [3.8, 4) is 0 Å². The summed E-state index contributed by atoms with van der Waals surface area (Å²) in [5.74, 6) is 0.365.